The van der Waals surface area contributed by atoms with Crippen molar-refractivity contribution in [2.75, 3.05) is 6.54 Å². The lowest BCUT2D eigenvalue weighted by atomic mass is 9.84. The summed E-state index contributed by atoms with van der Waals surface area (Å²) < 4.78 is 5.38. The number of guanidine groups is 2. The van der Waals surface area contributed by atoms with Crippen LogP contribution in [-0.2, 0) is 9.53 Å². The van der Waals surface area contributed by atoms with Gasteiger partial charge in [-0.1, -0.05) is 18.2 Å². The summed E-state index contributed by atoms with van der Waals surface area (Å²) in [7, 11) is 0. The number of ether oxygens (including phenoxy) is 1. The van der Waals surface area contributed by atoms with E-state index in [1.807, 2.05) is 0 Å². The Morgan fingerprint density at radius 1 is 1.31 bits per heavy atom. The number of carboxylic acids is 1. The second-order valence-electron chi connectivity index (χ2n) is 7.18. The molecule has 0 amide bonds. The fourth-order valence-electron chi connectivity index (χ4n) is 4.22. The van der Waals surface area contributed by atoms with Gasteiger partial charge >= 0.3 is 17.9 Å². The summed E-state index contributed by atoms with van der Waals surface area (Å²) in [6, 6.07) is 6.18. The smallest absolute Gasteiger partial charge is 0.343 e. The molecule has 1 aromatic carbocycles. The third kappa shape index (κ3) is 2.68. The van der Waals surface area contributed by atoms with Crippen molar-refractivity contribution >= 4 is 23.9 Å². The van der Waals surface area contributed by atoms with Crippen molar-refractivity contribution in [1.29, 1.82) is 0 Å². The summed E-state index contributed by atoms with van der Waals surface area (Å²) in [5, 5.41) is 34.2. The van der Waals surface area contributed by atoms with E-state index in [4.69, 9.17) is 16.2 Å². The van der Waals surface area contributed by atoms with Crippen molar-refractivity contribution in [2.24, 2.45) is 16.5 Å². The monoisotopic (exact) mass is 405 g/mol. The zero-order chi connectivity index (χ0) is 21.0. The van der Waals surface area contributed by atoms with Crippen LogP contribution in [0, 0.1) is 0 Å². The molecular weight excluding hydrogens is 384 g/mol. The summed E-state index contributed by atoms with van der Waals surface area (Å²) in [4.78, 5) is 32.0. The van der Waals surface area contributed by atoms with E-state index in [0.717, 1.165) is 0 Å². The van der Waals surface area contributed by atoms with Gasteiger partial charge in [0.05, 0.1) is 18.5 Å². The minimum absolute atomic E-state index is 0.0113. The Morgan fingerprint density at radius 3 is 2.66 bits per heavy atom. The molecule has 4 atom stereocenters. The Morgan fingerprint density at radius 2 is 2.00 bits per heavy atom. The van der Waals surface area contributed by atoms with Crippen molar-refractivity contribution in [3.05, 3.63) is 35.9 Å². The molecule has 3 heterocycles. The second-order valence-corrected chi connectivity index (χ2v) is 7.18. The molecule has 0 radical (unpaired) electrons. The number of aliphatic carboxylic acids is 1. The van der Waals surface area contributed by atoms with Crippen LogP contribution in [0.4, 0.5) is 0 Å². The lowest BCUT2D eigenvalue weighted by Crippen LogP contribution is -2.89. The Balaban J connectivity index is 1.70. The van der Waals surface area contributed by atoms with Gasteiger partial charge < -0.3 is 25.8 Å². The Hall–Kier alpha value is -3.38. The van der Waals surface area contributed by atoms with Gasteiger partial charge in [0.25, 0.3) is 11.4 Å². The van der Waals surface area contributed by atoms with Crippen LogP contribution < -0.4 is 21.8 Å². The topological polar surface area (TPSA) is 198 Å². The molecule has 0 aromatic heterocycles. The van der Waals surface area contributed by atoms with Crippen molar-refractivity contribution < 1.29 is 34.6 Å². The molecule has 0 unspecified atom stereocenters. The van der Waals surface area contributed by atoms with Gasteiger partial charge in [0.2, 0.25) is 0 Å². The van der Waals surface area contributed by atoms with Gasteiger partial charge in [0.1, 0.15) is 6.04 Å². The van der Waals surface area contributed by atoms with Crippen LogP contribution in [0.2, 0.25) is 0 Å². The average Bonchev–Trinajstić information content (AvgIpc) is 3.12. The maximum Gasteiger partial charge on any atom is 0.343 e. The van der Waals surface area contributed by atoms with Crippen molar-refractivity contribution in [1.82, 2.24) is 10.2 Å². The number of carbonyl (C=O) groups is 2. The quantitative estimate of drug-likeness (QED) is 0.189. The Kier molecular flexibility index (Phi) is 4.13. The van der Waals surface area contributed by atoms with Gasteiger partial charge in [-0.15, -0.1) is 0 Å². The highest BCUT2D eigenvalue weighted by molar-refractivity contribution is 5.90. The molecule has 1 spiro atoms. The molecule has 29 heavy (non-hydrogen) atoms. The Labute approximate surface area is 164 Å². The molecule has 0 aliphatic carbocycles. The summed E-state index contributed by atoms with van der Waals surface area (Å²) in [6.07, 6.45) is -1.84. The van der Waals surface area contributed by atoms with Crippen molar-refractivity contribution in [3.8, 4) is 0 Å². The van der Waals surface area contributed by atoms with E-state index in [1.54, 1.807) is 18.2 Å². The first kappa shape index (κ1) is 19.0. The number of carboxylic acid groups (broad SMARTS) is 1. The Bertz CT molecular complexity index is 918. The van der Waals surface area contributed by atoms with E-state index < -0.39 is 48.0 Å². The fraction of sp³-hybridized carbons (Fsp3) is 0.412. The number of esters is 1. The number of aliphatic imine (C=N–C) groups is 1. The largest absolute Gasteiger partial charge is 0.481 e. The number of benzene rings is 1. The first-order chi connectivity index (χ1) is 13.7. The predicted octanol–water partition coefficient (Wildman–Crippen LogP) is -4.56. The highest BCUT2D eigenvalue weighted by Gasteiger charge is 2.77. The number of nitrogens with zero attached hydrogens (tertiary/aromatic N) is 2. The molecule has 1 saturated heterocycles. The third-order valence-electron chi connectivity index (χ3n) is 5.47. The highest BCUT2D eigenvalue weighted by Crippen LogP contribution is 2.42. The van der Waals surface area contributed by atoms with Crippen LogP contribution in [0.15, 0.2) is 35.3 Å². The number of nitrogens with two attached hydrogens (primary N) is 2. The summed E-state index contributed by atoms with van der Waals surface area (Å²) in [5.74, 6) is -4.71. The number of aliphatic hydroxyl groups is 2. The maximum absolute atomic E-state index is 12.5. The minimum atomic E-state index is -2.67. The standard InChI is InChI=1S/C17H20N6O6/c18-14-21-12-9(6-11(24)25)20-15(19)23-7-10(17(27,28)16(12,23)22-14)29-13(26)8-4-2-1-3-5-8/h1-5,9-10,12,27-28H,6-7H2,(H2,19,20)(H,24,25)(H3,18,21,22)/p+1/t9-,10-,12-,16-/m0/s1. The van der Waals surface area contributed by atoms with Gasteiger partial charge in [-0.3, -0.25) is 20.4 Å². The second kappa shape index (κ2) is 6.32. The van der Waals surface area contributed by atoms with Crippen LogP contribution in [0.1, 0.15) is 16.8 Å². The molecule has 9 N–H and O–H groups in total. The van der Waals surface area contributed by atoms with E-state index in [9.17, 15) is 24.9 Å². The van der Waals surface area contributed by atoms with Crippen molar-refractivity contribution in [3.63, 3.8) is 0 Å². The number of hydrogen-bond donors (Lipinski definition) is 7. The normalized spacial score (nSPS) is 31.8. The number of nitrogens with one attached hydrogen (secondary N) is 2. The SMILES string of the molecule is NC1=N[C@@H](CC(=O)O)[C@@H]2[NH+]=C(N)N[C@]23N1C[C@H](OC(=O)c1ccccc1)C3(O)O. The maximum atomic E-state index is 12.5. The predicted molar refractivity (Wildman–Crippen MR) is 97.0 cm³/mol. The van der Waals surface area contributed by atoms with Gasteiger partial charge in [-0.2, -0.15) is 0 Å². The average molecular weight is 405 g/mol. The lowest BCUT2D eigenvalue weighted by molar-refractivity contribution is -0.522. The van der Waals surface area contributed by atoms with Gasteiger partial charge in [0.15, 0.2) is 18.1 Å². The third-order valence-corrected chi connectivity index (χ3v) is 5.47. The van der Waals surface area contributed by atoms with Crippen LogP contribution in [0.3, 0.4) is 0 Å². The van der Waals surface area contributed by atoms with Crippen LogP contribution >= 0.6 is 0 Å². The summed E-state index contributed by atoms with van der Waals surface area (Å²) >= 11 is 0. The van der Waals surface area contributed by atoms with Crippen LogP contribution in [0.5, 0.6) is 0 Å². The summed E-state index contributed by atoms with van der Waals surface area (Å²) in [6.45, 7) is -0.195. The molecular formula is C17H21N6O6+. The van der Waals surface area contributed by atoms with E-state index in [2.05, 4.69) is 15.3 Å². The first-order valence-electron chi connectivity index (χ1n) is 8.87. The molecule has 12 nitrogen and oxygen atoms in total. The minimum Gasteiger partial charge on any atom is -0.481 e. The molecule has 4 rings (SSSR count). The van der Waals surface area contributed by atoms with E-state index in [-0.39, 0.29) is 24.0 Å². The zero-order valence-electron chi connectivity index (χ0n) is 15.1. The van der Waals surface area contributed by atoms with Crippen molar-refractivity contribution in [2.45, 2.75) is 36.1 Å². The van der Waals surface area contributed by atoms with E-state index in [1.165, 1.54) is 17.0 Å². The van der Waals surface area contributed by atoms with E-state index in [0.29, 0.717) is 0 Å². The number of carbonyl (C=O) groups excluding carboxylic acids is 1. The van der Waals surface area contributed by atoms with Gasteiger partial charge in [0, 0.05) is 0 Å². The molecule has 0 saturated carbocycles. The number of rotatable bonds is 4. The fourth-order valence-corrected chi connectivity index (χ4v) is 4.22. The highest BCUT2D eigenvalue weighted by atomic mass is 16.6. The van der Waals surface area contributed by atoms with Crippen LogP contribution in [-0.4, -0.2) is 80.3 Å². The number of hydrogen-bond acceptors (Lipinski definition) is 10. The first-order valence-corrected chi connectivity index (χ1v) is 8.87. The molecule has 1 fully saturated rings. The lowest BCUT2D eigenvalue weighted by Gasteiger charge is -2.45. The van der Waals surface area contributed by atoms with Gasteiger partial charge in [-0.05, 0) is 12.1 Å². The molecule has 12 heteroatoms. The van der Waals surface area contributed by atoms with Crippen LogP contribution in [0.25, 0.3) is 0 Å². The molecule has 0 bridgehead atoms. The zero-order valence-corrected chi connectivity index (χ0v) is 15.1. The van der Waals surface area contributed by atoms with E-state index >= 15 is 0 Å². The molecule has 3 aliphatic heterocycles. The molecule has 154 valence electrons. The summed E-state index contributed by atoms with van der Waals surface area (Å²) in [5.41, 5.74) is 10.3. The molecule has 1 aromatic rings. The van der Waals surface area contributed by atoms with Gasteiger partial charge in [-0.25, -0.2) is 15.1 Å². The molecule has 3 aliphatic rings.